The lowest BCUT2D eigenvalue weighted by molar-refractivity contribution is -0.137. The Bertz CT molecular complexity index is 958. The second kappa shape index (κ2) is 9.47. The lowest BCUT2D eigenvalue weighted by atomic mass is 10.1. The van der Waals surface area contributed by atoms with Crippen molar-refractivity contribution in [3.05, 3.63) is 74.2 Å². The Morgan fingerprint density at radius 1 is 1.23 bits per heavy atom. The van der Waals surface area contributed by atoms with Gasteiger partial charge < -0.3 is 10.1 Å². The van der Waals surface area contributed by atoms with Crippen molar-refractivity contribution < 1.29 is 17.9 Å². The number of hydrogen-bond acceptors (Lipinski definition) is 4. The van der Waals surface area contributed by atoms with Gasteiger partial charge in [0.25, 0.3) is 0 Å². The molecule has 3 nitrogen and oxygen atoms in total. The molecule has 1 aliphatic heterocycles. The average Bonchev–Trinajstić information content (AvgIpc) is 3.09. The molecule has 1 heterocycles. The number of allylic oxidation sites excluding steroid dienone is 1. The standard InChI is InChI=1S/C22H22BrF3N2OS/c1-4-19(29-17-10-7-15(12-27-3)18(23)11-17)20-13(2)28-21(30-20)14-5-8-16(9-6-14)22(24,25)26/h5-12,19,21,28H,4H2,1-3H3. The molecule has 2 aromatic carbocycles. The van der Waals surface area contributed by atoms with Crippen molar-refractivity contribution in [2.45, 2.75) is 37.9 Å². The number of hydrogen-bond donors (Lipinski definition) is 1. The van der Waals surface area contributed by atoms with Crippen LogP contribution in [0.15, 0.2) is 62.5 Å². The summed E-state index contributed by atoms with van der Waals surface area (Å²) in [7, 11) is 1.72. The van der Waals surface area contributed by atoms with Crippen molar-refractivity contribution in [1.82, 2.24) is 5.32 Å². The smallest absolute Gasteiger partial charge is 0.416 e. The fourth-order valence-electron chi connectivity index (χ4n) is 3.14. The molecule has 0 saturated carbocycles. The van der Waals surface area contributed by atoms with Crippen molar-refractivity contribution in [2.75, 3.05) is 7.05 Å². The summed E-state index contributed by atoms with van der Waals surface area (Å²) in [6.07, 6.45) is -1.96. The second-order valence-electron chi connectivity index (χ2n) is 6.84. The molecule has 1 aliphatic rings. The quantitative estimate of drug-likeness (QED) is 0.437. The van der Waals surface area contributed by atoms with Crippen molar-refractivity contribution in [2.24, 2.45) is 4.99 Å². The molecule has 3 rings (SSSR count). The summed E-state index contributed by atoms with van der Waals surface area (Å²) in [4.78, 5) is 5.08. The minimum atomic E-state index is -4.33. The van der Waals surface area contributed by atoms with Gasteiger partial charge in [-0.2, -0.15) is 13.2 Å². The van der Waals surface area contributed by atoms with Gasteiger partial charge in [0.2, 0.25) is 0 Å². The first-order chi connectivity index (χ1) is 14.2. The van der Waals surface area contributed by atoms with Gasteiger partial charge in [0.1, 0.15) is 17.2 Å². The highest BCUT2D eigenvalue weighted by Gasteiger charge is 2.32. The van der Waals surface area contributed by atoms with Crippen LogP contribution in [0.4, 0.5) is 13.2 Å². The number of nitrogens with zero attached hydrogens (tertiary/aromatic N) is 1. The van der Waals surface area contributed by atoms with E-state index in [2.05, 4.69) is 26.2 Å². The molecule has 0 radical (unpaired) electrons. The van der Waals surface area contributed by atoms with Crippen LogP contribution in [0.2, 0.25) is 0 Å². The maximum Gasteiger partial charge on any atom is 0.416 e. The van der Waals surface area contributed by atoms with E-state index >= 15 is 0 Å². The van der Waals surface area contributed by atoms with Crippen molar-refractivity contribution in [3.8, 4) is 5.75 Å². The fraction of sp³-hybridized carbons (Fsp3) is 0.318. The predicted octanol–water partition coefficient (Wildman–Crippen LogP) is 6.94. The van der Waals surface area contributed by atoms with E-state index in [-0.39, 0.29) is 11.5 Å². The number of rotatable bonds is 6. The molecule has 160 valence electrons. The zero-order valence-electron chi connectivity index (χ0n) is 16.8. The normalized spacial score (nSPS) is 18.0. The molecule has 2 aromatic rings. The predicted molar refractivity (Wildman–Crippen MR) is 120 cm³/mol. The van der Waals surface area contributed by atoms with Crippen LogP contribution in [-0.2, 0) is 6.18 Å². The topological polar surface area (TPSA) is 33.6 Å². The molecule has 0 fully saturated rings. The summed E-state index contributed by atoms with van der Waals surface area (Å²) in [6, 6.07) is 11.0. The van der Waals surface area contributed by atoms with E-state index < -0.39 is 11.7 Å². The molecule has 2 unspecified atom stereocenters. The van der Waals surface area contributed by atoms with E-state index in [1.807, 2.05) is 32.0 Å². The maximum absolute atomic E-state index is 12.8. The Hall–Kier alpha value is -1.93. The third-order valence-electron chi connectivity index (χ3n) is 4.68. The third-order valence-corrected chi connectivity index (χ3v) is 6.82. The zero-order chi connectivity index (χ0) is 21.9. The molecule has 0 saturated heterocycles. The van der Waals surface area contributed by atoms with Gasteiger partial charge in [0.05, 0.1) is 5.56 Å². The highest BCUT2D eigenvalue weighted by atomic mass is 79.9. The minimum Gasteiger partial charge on any atom is -0.485 e. The van der Waals surface area contributed by atoms with Gasteiger partial charge in [-0.05, 0) is 65.2 Å². The lowest BCUT2D eigenvalue weighted by Crippen LogP contribution is -2.17. The number of aliphatic imine (C=N–C) groups is 1. The molecular formula is C22H22BrF3N2OS. The molecule has 8 heteroatoms. The van der Waals surface area contributed by atoms with E-state index in [1.165, 1.54) is 12.1 Å². The Morgan fingerprint density at radius 3 is 2.50 bits per heavy atom. The largest absolute Gasteiger partial charge is 0.485 e. The summed E-state index contributed by atoms with van der Waals surface area (Å²) >= 11 is 5.12. The van der Waals surface area contributed by atoms with Crippen molar-refractivity contribution >= 4 is 33.9 Å². The van der Waals surface area contributed by atoms with Gasteiger partial charge in [0, 0.05) is 33.9 Å². The summed E-state index contributed by atoms with van der Waals surface area (Å²) in [6.45, 7) is 4.01. The van der Waals surface area contributed by atoms with E-state index in [4.69, 9.17) is 4.74 Å². The highest BCUT2D eigenvalue weighted by Crippen LogP contribution is 2.44. The number of ether oxygens (including phenoxy) is 1. The van der Waals surface area contributed by atoms with Crippen LogP contribution in [0.5, 0.6) is 5.75 Å². The number of benzene rings is 2. The van der Waals surface area contributed by atoms with Crippen molar-refractivity contribution in [1.29, 1.82) is 0 Å². The number of thioether (sulfide) groups is 1. The van der Waals surface area contributed by atoms with E-state index in [1.54, 1.807) is 25.0 Å². The summed E-state index contributed by atoms with van der Waals surface area (Å²) in [5.41, 5.74) is 2.09. The average molecular weight is 499 g/mol. The Morgan fingerprint density at radius 2 is 1.93 bits per heavy atom. The second-order valence-corrected chi connectivity index (χ2v) is 8.84. The van der Waals surface area contributed by atoms with Crippen LogP contribution in [0.3, 0.4) is 0 Å². The molecule has 0 amide bonds. The Labute approximate surface area is 186 Å². The molecule has 0 aromatic heterocycles. The first-order valence-corrected chi connectivity index (χ1v) is 11.1. The lowest BCUT2D eigenvalue weighted by Gasteiger charge is -2.20. The van der Waals surface area contributed by atoms with Gasteiger partial charge in [-0.15, -0.1) is 0 Å². The van der Waals surface area contributed by atoms with Crippen LogP contribution in [0.25, 0.3) is 0 Å². The van der Waals surface area contributed by atoms with Crippen LogP contribution in [-0.4, -0.2) is 19.4 Å². The Kier molecular flexibility index (Phi) is 7.18. The van der Waals surface area contributed by atoms with E-state index in [0.717, 1.165) is 50.5 Å². The SMILES string of the molecule is CCC(Oc1ccc(C=NC)c(Br)c1)C1=C(C)NC(c2ccc(C(F)(F)F)cc2)S1. The number of alkyl halides is 3. The first-order valence-electron chi connectivity index (χ1n) is 9.42. The molecule has 0 aliphatic carbocycles. The molecule has 0 spiro atoms. The van der Waals surface area contributed by atoms with Crippen molar-refractivity contribution in [3.63, 3.8) is 0 Å². The maximum atomic E-state index is 12.8. The Balaban J connectivity index is 1.73. The number of nitrogens with one attached hydrogen (secondary N) is 1. The van der Waals surface area contributed by atoms with Gasteiger partial charge in [-0.1, -0.05) is 30.8 Å². The summed E-state index contributed by atoms with van der Waals surface area (Å²) in [5.74, 6) is 0.737. The molecule has 0 bridgehead atoms. The first kappa shape index (κ1) is 22.7. The molecule has 30 heavy (non-hydrogen) atoms. The van der Waals surface area contributed by atoms with Crippen LogP contribution in [0, 0.1) is 0 Å². The van der Waals surface area contributed by atoms with Gasteiger partial charge in [-0.25, -0.2) is 0 Å². The highest BCUT2D eigenvalue weighted by molar-refractivity contribution is 9.10. The summed E-state index contributed by atoms with van der Waals surface area (Å²) < 4.78 is 45.6. The molecule has 2 atom stereocenters. The fourth-order valence-corrected chi connectivity index (χ4v) is 4.98. The van der Waals surface area contributed by atoms with Crippen LogP contribution < -0.4 is 10.1 Å². The van der Waals surface area contributed by atoms with Gasteiger partial charge >= 0.3 is 6.18 Å². The number of halogens is 4. The van der Waals surface area contributed by atoms with Gasteiger partial charge in [0.15, 0.2) is 0 Å². The molecular weight excluding hydrogens is 477 g/mol. The summed E-state index contributed by atoms with van der Waals surface area (Å²) in [5, 5.41) is 3.23. The van der Waals surface area contributed by atoms with Crippen LogP contribution >= 0.6 is 27.7 Å². The monoisotopic (exact) mass is 498 g/mol. The minimum absolute atomic E-state index is 0.144. The van der Waals surface area contributed by atoms with E-state index in [0.29, 0.717) is 0 Å². The molecule has 1 N–H and O–H groups in total. The zero-order valence-corrected chi connectivity index (χ0v) is 19.2. The van der Waals surface area contributed by atoms with Gasteiger partial charge in [-0.3, -0.25) is 4.99 Å². The van der Waals surface area contributed by atoms with E-state index in [9.17, 15) is 13.2 Å². The van der Waals surface area contributed by atoms with Crippen LogP contribution in [0.1, 0.15) is 42.3 Å². The third kappa shape index (κ3) is 5.21.